The molecule has 0 spiro atoms. The van der Waals surface area contributed by atoms with Crippen LogP contribution in [0.5, 0.6) is 0 Å². The molecule has 0 aromatic heterocycles. The SMILES string of the molecule is CCCCCCC(=O)N[C@H](CCC(=O)N[C@@](N)(CCCCC(=O)O)C(=O)O)C(=O)O. The maximum atomic E-state index is 12.1. The van der Waals surface area contributed by atoms with Crippen LogP contribution in [0.4, 0.5) is 0 Å². The highest BCUT2D eigenvalue weighted by molar-refractivity contribution is 5.87. The van der Waals surface area contributed by atoms with Crippen LogP contribution < -0.4 is 16.4 Å². The summed E-state index contributed by atoms with van der Waals surface area (Å²) in [5.74, 6) is -5.00. The van der Waals surface area contributed by atoms with Gasteiger partial charge in [0.05, 0.1) is 0 Å². The topological polar surface area (TPSA) is 196 Å². The quantitative estimate of drug-likeness (QED) is 0.142. The zero-order valence-corrected chi connectivity index (χ0v) is 17.3. The minimum absolute atomic E-state index is 0.151. The first-order valence-electron chi connectivity index (χ1n) is 10.1. The van der Waals surface area contributed by atoms with Crippen molar-refractivity contribution in [2.45, 2.75) is 89.3 Å². The number of nitrogens with two attached hydrogens (primary N) is 1. The first-order chi connectivity index (χ1) is 14.0. The highest BCUT2D eigenvalue weighted by atomic mass is 16.4. The summed E-state index contributed by atoms with van der Waals surface area (Å²) in [6.45, 7) is 2.03. The number of carbonyl (C=O) groups excluding carboxylic acids is 2. The molecule has 2 amide bonds. The zero-order chi connectivity index (χ0) is 23.2. The number of amides is 2. The van der Waals surface area contributed by atoms with E-state index in [2.05, 4.69) is 10.6 Å². The molecule has 30 heavy (non-hydrogen) atoms. The van der Waals surface area contributed by atoms with E-state index in [1.165, 1.54) is 0 Å². The molecule has 172 valence electrons. The monoisotopic (exact) mass is 431 g/mol. The number of carboxylic acids is 3. The van der Waals surface area contributed by atoms with Crippen molar-refractivity contribution >= 4 is 29.7 Å². The lowest BCUT2D eigenvalue weighted by molar-refractivity contribution is -0.148. The van der Waals surface area contributed by atoms with Crippen molar-refractivity contribution in [1.82, 2.24) is 10.6 Å². The van der Waals surface area contributed by atoms with E-state index < -0.39 is 41.4 Å². The van der Waals surface area contributed by atoms with E-state index in [1.807, 2.05) is 6.92 Å². The molecule has 2 atom stereocenters. The molecule has 0 aromatic rings. The Morgan fingerprint density at radius 3 is 2.03 bits per heavy atom. The van der Waals surface area contributed by atoms with E-state index in [0.717, 1.165) is 19.3 Å². The van der Waals surface area contributed by atoms with Gasteiger partial charge in [-0.2, -0.15) is 0 Å². The second-order valence-corrected chi connectivity index (χ2v) is 7.23. The van der Waals surface area contributed by atoms with Gasteiger partial charge in [-0.05, 0) is 32.1 Å². The lowest BCUT2D eigenvalue weighted by Crippen LogP contribution is -2.61. The average Bonchev–Trinajstić information content (AvgIpc) is 2.65. The van der Waals surface area contributed by atoms with Crippen LogP contribution in [0.3, 0.4) is 0 Å². The van der Waals surface area contributed by atoms with E-state index in [1.54, 1.807) is 0 Å². The van der Waals surface area contributed by atoms with E-state index in [9.17, 15) is 34.2 Å². The second kappa shape index (κ2) is 14.3. The van der Waals surface area contributed by atoms with Crippen LogP contribution in [0.15, 0.2) is 0 Å². The number of hydrogen-bond donors (Lipinski definition) is 6. The molecule has 0 aliphatic carbocycles. The average molecular weight is 431 g/mol. The Kier molecular flexibility index (Phi) is 13.0. The molecule has 0 heterocycles. The highest BCUT2D eigenvalue weighted by Gasteiger charge is 2.35. The number of unbranched alkanes of at least 4 members (excludes halogenated alkanes) is 4. The maximum absolute atomic E-state index is 12.1. The molecule has 11 nitrogen and oxygen atoms in total. The Balaban J connectivity index is 4.60. The van der Waals surface area contributed by atoms with E-state index in [4.69, 9.17) is 10.8 Å². The number of carboxylic acid groups (broad SMARTS) is 3. The van der Waals surface area contributed by atoms with E-state index >= 15 is 0 Å². The smallest absolute Gasteiger partial charge is 0.344 e. The Morgan fingerprint density at radius 1 is 0.867 bits per heavy atom. The Labute approximate surface area is 175 Å². The van der Waals surface area contributed by atoms with Crippen LogP contribution in [-0.4, -0.2) is 56.7 Å². The molecule has 0 aromatic carbocycles. The number of carbonyl (C=O) groups is 5. The summed E-state index contributed by atoms with van der Waals surface area (Å²) < 4.78 is 0. The summed E-state index contributed by atoms with van der Waals surface area (Å²) in [7, 11) is 0. The molecule has 0 fully saturated rings. The summed E-state index contributed by atoms with van der Waals surface area (Å²) in [4.78, 5) is 57.2. The van der Waals surface area contributed by atoms with Crippen LogP contribution >= 0.6 is 0 Å². The molecule has 0 rings (SSSR count). The number of aliphatic carboxylic acids is 3. The molecule has 7 N–H and O–H groups in total. The molecule has 0 saturated carbocycles. The van der Waals surface area contributed by atoms with Crippen molar-refractivity contribution in [3.63, 3.8) is 0 Å². The minimum Gasteiger partial charge on any atom is -0.481 e. The van der Waals surface area contributed by atoms with Crippen LogP contribution in [-0.2, 0) is 24.0 Å². The number of hydrogen-bond acceptors (Lipinski definition) is 6. The van der Waals surface area contributed by atoms with Crippen molar-refractivity contribution in [1.29, 1.82) is 0 Å². The van der Waals surface area contributed by atoms with Crippen molar-refractivity contribution in [3.8, 4) is 0 Å². The molecule has 0 radical (unpaired) electrons. The zero-order valence-electron chi connectivity index (χ0n) is 17.3. The molecule has 11 heteroatoms. The normalized spacial score (nSPS) is 13.7. The van der Waals surface area contributed by atoms with Crippen LogP contribution in [0.25, 0.3) is 0 Å². The van der Waals surface area contributed by atoms with Gasteiger partial charge in [0.25, 0.3) is 0 Å². The van der Waals surface area contributed by atoms with Gasteiger partial charge in [0.15, 0.2) is 5.66 Å². The van der Waals surface area contributed by atoms with Gasteiger partial charge in [-0.3, -0.25) is 20.1 Å². The van der Waals surface area contributed by atoms with Crippen LogP contribution in [0.2, 0.25) is 0 Å². The predicted molar refractivity (Wildman–Crippen MR) is 106 cm³/mol. The third-order valence-electron chi connectivity index (χ3n) is 4.51. The molecule has 0 aliphatic heterocycles. The fraction of sp³-hybridized carbons (Fsp3) is 0.737. The Morgan fingerprint density at radius 2 is 1.50 bits per heavy atom. The molecule has 0 unspecified atom stereocenters. The standard InChI is InChI=1S/C19H33N3O8/c1-2-3-4-5-8-14(23)21-13(17(27)28)10-11-15(24)22-19(20,18(29)30)12-7-6-9-16(25)26/h13H,2-12,20H2,1H3,(H,21,23)(H,22,24)(H,25,26)(H,27,28)(H,29,30)/t13-,19+/m1/s1. The predicted octanol–water partition coefficient (Wildman–Crippen LogP) is 0.807. The van der Waals surface area contributed by atoms with Crippen molar-refractivity contribution in [2.75, 3.05) is 0 Å². The third-order valence-corrected chi connectivity index (χ3v) is 4.51. The number of rotatable bonds is 17. The van der Waals surface area contributed by atoms with Gasteiger partial charge in [0, 0.05) is 19.3 Å². The molecule has 0 saturated heterocycles. The molecular weight excluding hydrogens is 398 g/mol. The molecule has 0 aliphatic rings. The van der Waals surface area contributed by atoms with Gasteiger partial charge in [-0.25, -0.2) is 9.59 Å². The fourth-order valence-corrected chi connectivity index (χ4v) is 2.73. The molecule has 0 bridgehead atoms. The van der Waals surface area contributed by atoms with Crippen molar-refractivity contribution in [2.24, 2.45) is 5.73 Å². The third kappa shape index (κ3) is 12.0. The van der Waals surface area contributed by atoms with Gasteiger partial charge in [-0.1, -0.05) is 26.2 Å². The Bertz CT molecular complexity index is 611. The Hall–Kier alpha value is -2.69. The maximum Gasteiger partial charge on any atom is 0.344 e. The molecular formula is C19H33N3O8. The van der Waals surface area contributed by atoms with Crippen molar-refractivity contribution < 1.29 is 39.3 Å². The van der Waals surface area contributed by atoms with E-state index in [-0.39, 0.29) is 44.9 Å². The van der Waals surface area contributed by atoms with Gasteiger partial charge in [0.2, 0.25) is 11.8 Å². The minimum atomic E-state index is -2.09. The number of nitrogens with one attached hydrogen (secondary N) is 2. The summed E-state index contributed by atoms with van der Waals surface area (Å²) in [6.07, 6.45) is 3.14. The van der Waals surface area contributed by atoms with Crippen LogP contribution in [0, 0.1) is 0 Å². The highest BCUT2D eigenvalue weighted by Crippen LogP contribution is 2.12. The lowest BCUT2D eigenvalue weighted by atomic mass is 10.0. The first-order valence-corrected chi connectivity index (χ1v) is 10.1. The summed E-state index contributed by atoms with van der Waals surface area (Å²) in [5.41, 5.74) is 3.63. The van der Waals surface area contributed by atoms with Gasteiger partial charge in [-0.15, -0.1) is 0 Å². The lowest BCUT2D eigenvalue weighted by Gasteiger charge is -2.26. The summed E-state index contributed by atoms with van der Waals surface area (Å²) >= 11 is 0. The fourth-order valence-electron chi connectivity index (χ4n) is 2.73. The van der Waals surface area contributed by atoms with Gasteiger partial charge >= 0.3 is 17.9 Å². The summed E-state index contributed by atoms with van der Waals surface area (Å²) in [5, 5.41) is 31.7. The second-order valence-electron chi connectivity index (χ2n) is 7.23. The van der Waals surface area contributed by atoms with Gasteiger partial charge in [0.1, 0.15) is 6.04 Å². The van der Waals surface area contributed by atoms with Gasteiger partial charge < -0.3 is 26.0 Å². The van der Waals surface area contributed by atoms with Crippen molar-refractivity contribution in [3.05, 3.63) is 0 Å². The summed E-state index contributed by atoms with van der Waals surface area (Å²) in [6, 6.07) is -1.28. The van der Waals surface area contributed by atoms with E-state index in [0.29, 0.717) is 6.42 Å². The first kappa shape index (κ1) is 27.3. The largest absolute Gasteiger partial charge is 0.481 e. The van der Waals surface area contributed by atoms with Crippen LogP contribution in [0.1, 0.15) is 77.6 Å².